The molecule has 0 aliphatic heterocycles. The van der Waals surface area contributed by atoms with Gasteiger partial charge in [-0.1, -0.05) is 72.3 Å². The number of ether oxygens (including phenoxy) is 3. The molecule has 0 unspecified atom stereocenters. The molecule has 1 N–H and O–H groups in total. The summed E-state index contributed by atoms with van der Waals surface area (Å²) in [7, 11) is 1.60. The molecule has 4 fully saturated rings. The zero-order valence-electron chi connectivity index (χ0n) is 32.1. The topological polar surface area (TPSA) is 99.1 Å². The number of aliphatic carboxylic acids is 1. The molecule has 0 aromatic heterocycles. The van der Waals surface area contributed by atoms with Gasteiger partial charge in [0.2, 0.25) is 0 Å². The van der Waals surface area contributed by atoms with Crippen molar-refractivity contribution in [3.8, 4) is 5.75 Å². The Balaban J connectivity index is 1.32. The Morgan fingerprint density at radius 1 is 0.880 bits per heavy atom. The maximum absolute atomic E-state index is 13.6. The molecule has 1 aromatic carbocycles. The first-order valence-electron chi connectivity index (χ1n) is 18.9. The van der Waals surface area contributed by atoms with Crippen LogP contribution in [0.1, 0.15) is 130 Å². The van der Waals surface area contributed by atoms with Crippen molar-refractivity contribution in [1.82, 2.24) is 0 Å². The van der Waals surface area contributed by atoms with Gasteiger partial charge in [-0.05, 0) is 123 Å². The zero-order chi connectivity index (χ0) is 36.7. The Hall–Kier alpha value is -3.09. The molecule has 5 aliphatic rings. The minimum absolute atomic E-state index is 0.0253. The molecule has 50 heavy (non-hydrogen) atoms. The van der Waals surface area contributed by atoms with Crippen molar-refractivity contribution < 1.29 is 33.7 Å². The number of allylic oxidation sites excluding steroid dienone is 3. The largest absolute Gasteiger partial charge is 0.497 e. The maximum Gasteiger partial charge on any atom is 0.338 e. The number of hydrogen-bond donors (Lipinski definition) is 1. The van der Waals surface area contributed by atoms with Crippen LogP contribution >= 0.6 is 0 Å². The van der Waals surface area contributed by atoms with Crippen LogP contribution in [-0.4, -0.2) is 42.3 Å². The van der Waals surface area contributed by atoms with Gasteiger partial charge < -0.3 is 19.3 Å². The highest BCUT2D eigenvalue weighted by molar-refractivity contribution is 5.90. The van der Waals surface area contributed by atoms with Crippen molar-refractivity contribution in [1.29, 1.82) is 0 Å². The normalized spacial score (nSPS) is 40.1. The summed E-state index contributed by atoms with van der Waals surface area (Å²) in [6.45, 7) is 20.0. The van der Waals surface area contributed by atoms with Crippen molar-refractivity contribution in [2.75, 3.05) is 7.11 Å². The second-order valence-electron chi connectivity index (χ2n) is 18.6. The SMILES string of the molecule is C/C=C(/C)C(=O)O[C@@H]1CC(C)(C)C[C@H]2C3=CC[C@@H]4[C@@]5(C)CC[C@H](OC(=O)c6cccc(OC)c6)C(C)(C)[C@@H]5CC[C@@]4(C)[C@]3(C)CC[C@@]12C(=O)O. The summed E-state index contributed by atoms with van der Waals surface area (Å²) >= 11 is 0. The van der Waals surface area contributed by atoms with E-state index in [-0.39, 0.29) is 45.1 Å². The highest BCUT2D eigenvalue weighted by Crippen LogP contribution is 2.76. The summed E-state index contributed by atoms with van der Waals surface area (Å²) in [5, 5.41) is 11.1. The fourth-order valence-corrected chi connectivity index (χ4v) is 12.4. The number of methoxy groups -OCH3 is 1. The molecule has 5 aliphatic carbocycles. The lowest BCUT2D eigenvalue weighted by atomic mass is 9.33. The third-order valence-corrected chi connectivity index (χ3v) is 15.5. The minimum atomic E-state index is -1.14. The summed E-state index contributed by atoms with van der Waals surface area (Å²) in [5.74, 6) is -0.310. The van der Waals surface area contributed by atoms with Crippen LogP contribution in [-0.2, 0) is 19.1 Å². The van der Waals surface area contributed by atoms with Gasteiger partial charge in [0.05, 0.1) is 12.7 Å². The number of carbonyl (C=O) groups excluding carboxylic acids is 2. The number of carboxylic acids is 1. The van der Waals surface area contributed by atoms with E-state index in [0.717, 1.165) is 44.9 Å². The lowest BCUT2D eigenvalue weighted by Gasteiger charge is -2.71. The lowest BCUT2D eigenvalue weighted by Crippen LogP contribution is -2.67. The molecule has 6 rings (SSSR count). The van der Waals surface area contributed by atoms with Crippen LogP contribution in [0, 0.1) is 50.2 Å². The van der Waals surface area contributed by atoms with Gasteiger partial charge in [0.15, 0.2) is 0 Å². The van der Waals surface area contributed by atoms with E-state index in [1.165, 1.54) is 5.57 Å². The Labute approximate surface area is 299 Å². The molecular weight excluding hydrogens is 628 g/mol. The van der Waals surface area contributed by atoms with Crippen LogP contribution < -0.4 is 4.74 Å². The number of carboxylic acid groups (broad SMARTS) is 1. The Bertz CT molecular complexity index is 1620. The van der Waals surface area contributed by atoms with E-state index >= 15 is 0 Å². The monoisotopic (exact) mass is 688 g/mol. The first-order valence-corrected chi connectivity index (χ1v) is 18.9. The Morgan fingerprint density at radius 3 is 2.26 bits per heavy atom. The van der Waals surface area contributed by atoms with Gasteiger partial charge in [-0.3, -0.25) is 4.79 Å². The van der Waals surface area contributed by atoms with E-state index in [4.69, 9.17) is 14.2 Å². The van der Waals surface area contributed by atoms with Crippen molar-refractivity contribution >= 4 is 17.9 Å². The predicted molar refractivity (Wildman–Crippen MR) is 194 cm³/mol. The molecule has 0 saturated heterocycles. The number of hydrogen-bond acceptors (Lipinski definition) is 6. The fourth-order valence-electron chi connectivity index (χ4n) is 12.4. The van der Waals surface area contributed by atoms with E-state index in [1.54, 1.807) is 32.2 Å². The Kier molecular flexibility index (Phi) is 9.00. The van der Waals surface area contributed by atoms with E-state index in [2.05, 4.69) is 54.5 Å². The van der Waals surface area contributed by atoms with Gasteiger partial charge in [-0.25, -0.2) is 9.59 Å². The molecule has 274 valence electrons. The number of carbonyl (C=O) groups is 3. The van der Waals surface area contributed by atoms with Gasteiger partial charge in [-0.2, -0.15) is 0 Å². The third-order valence-electron chi connectivity index (χ3n) is 15.5. The lowest BCUT2D eigenvalue weighted by molar-refractivity contribution is -0.215. The van der Waals surface area contributed by atoms with Crippen LogP contribution in [0.3, 0.4) is 0 Å². The summed E-state index contributed by atoms with van der Waals surface area (Å²) < 4.78 is 17.9. The molecule has 7 nitrogen and oxygen atoms in total. The van der Waals surface area contributed by atoms with Gasteiger partial charge in [-0.15, -0.1) is 0 Å². The first-order chi connectivity index (χ1) is 23.3. The molecule has 9 atom stereocenters. The van der Waals surface area contributed by atoms with Gasteiger partial charge in [0.25, 0.3) is 0 Å². The number of esters is 2. The molecular formula is C43H60O7. The van der Waals surface area contributed by atoms with Crippen molar-refractivity contribution in [3.05, 3.63) is 53.1 Å². The standard InChI is InChI=1S/C43H60O7/c1-11-26(2)35(44)50-34-25-38(3,4)24-30-29-15-16-32-40(7)19-18-33(49-36(45)27-13-12-14-28(23-27)48-10)39(5,6)31(40)17-20-42(32,9)41(29,8)21-22-43(30,34)37(46)47/h11-15,23,30-34H,16-22,24-25H2,1-10H3,(H,46,47)/b26-11-/t30-,31-,32+,33-,34+,40-,41+,42+,43-/m0/s1. The van der Waals surface area contributed by atoms with E-state index < -0.39 is 23.5 Å². The fraction of sp³-hybridized carbons (Fsp3) is 0.698. The van der Waals surface area contributed by atoms with Crippen molar-refractivity contribution in [2.24, 2.45) is 50.2 Å². The third kappa shape index (κ3) is 5.29. The second-order valence-corrected chi connectivity index (χ2v) is 18.6. The van der Waals surface area contributed by atoms with E-state index in [9.17, 15) is 19.5 Å². The van der Waals surface area contributed by atoms with Gasteiger partial charge >= 0.3 is 17.9 Å². The molecule has 1 aromatic rings. The molecule has 4 saturated carbocycles. The molecule has 0 amide bonds. The van der Waals surface area contributed by atoms with Crippen molar-refractivity contribution in [2.45, 2.75) is 132 Å². The van der Waals surface area contributed by atoms with E-state index in [1.807, 2.05) is 19.1 Å². The van der Waals surface area contributed by atoms with Gasteiger partial charge in [0.1, 0.15) is 23.4 Å². The van der Waals surface area contributed by atoms with Crippen LogP contribution in [0.4, 0.5) is 0 Å². The molecule has 0 bridgehead atoms. The molecule has 0 heterocycles. The highest BCUT2D eigenvalue weighted by atomic mass is 16.6. The number of rotatable bonds is 6. The Morgan fingerprint density at radius 2 is 1.60 bits per heavy atom. The second kappa shape index (κ2) is 12.3. The smallest absolute Gasteiger partial charge is 0.338 e. The van der Waals surface area contributed by atoms with Crippen LogP contribution in [0.25, 0.3) is 0 Å². The summed E-state index contributed by atoms with van der Waals surface area (Å²) in [4.78, 5) is 40.1. The maximum atomic E-state index is 13.6. The van der Waals surface area contributed by atoms with Crippen molar-refractivity contribution in [3.63, 3.8) is 0 Å². The highest BCUT2D eigenvalue weighted by Gasteiger charge is 2.71. The van der Waals surface area contributed by atoms with Crippen LogP contribution in [0.2, 0.25) is 0 Å². The van der Waals surface area contributed by atoms with Crippen LogP contribution in [0.15, 0.2) is 47.6 Å². The molecule has 0 radical (unpaired) electrons. The van der Waals surface area contributed by atoms with Gasteiger partial charge in [0, 0.05) is 16.9 Å². The summed E-state index contributed by atoms with van der Waals surface area (Å²) in [6, 6.07) is 7.19. The minimum Gasteiger partial charge on any atom is -0.497 e. The predicted octanol–water partition coefficient (Wildman–Crippen LogP) is 9.59. The summed E-state index contributed by atoms with van der Waals surface area (Å²) in [5.41, 5.74) is 0.628. The van der Waals surface area contributed by atoms with E-state index in [0.29, 0.717) is 41.6 Å². The molecule has 7 heteroatoms. The number of fused-ring (bicyclic) bond motifs is 7. The average Bonchev–Trinajstić information content (AvgIpc) is 3.05. The average molecular weight is 689 g/mol. The van der Waals surface area contributed by atoms with Crippen LogP contribution in [0.5, 0.6) is 5.75 Å². The number of benzene rings is 1. The molecule has 0 spiro atoms. The summed E-state index contributed by atoms with van der Waals surface area (Å²) in [6.07, 6.45) is 10.7. The quantitative estimate of drug-likeness (QED) is 0.181. The first kappa shape index (κ1) is 36.7. The zero-order valence-corrected chi connectivity index (χ0v) is 32.1.